The summed E-state index contributed by atoms with van der Waals surface area (Å²) in [5, 5.41) is 4.75. The average molecular weight is 287 g/mol. The fourth-order valence-corrected chi connectivity index (χ4v) is 1.97. The summed E-state index contributed by atoms with van der Waals surface area (Å²) < 4.78 is 2.76. The van der Waals surface area contributed by atoms with Gasteiger partial charge in [-0.3, -0.25) is 4.68 Å². The third-order valence-corrected chi connectivity index (χ3v) is 2.94. The van der Waals surface area contributed by atoms with Crippen molar-refractivity contribution in [1.29, 1.82) is 0 Å². The molecule has 0 fully saturated rings. The predicted octanol–water partition coefficient (Wildman–Crippen LogP) is 2.93. The third kappa shape index (κ3) is 2.52. The quantitative estimate of drug-likeness (QED) is 0.863. The number of halogens is 2. The fraction of sp³-hybridized carbons (Fsp3) is 0.100. The minimum atomic E-state index is 0.640. The van der Waals surface area contributed by atoms with Gasteiger partial charge < -0.3 is 5.73 Å². The molecular weight excluding hydrogens is 277 g/mol. The topological polar surface area (TPSA) is 43.8 Å². The van der Waals surface area contributed by atoms with E-state index in [1.165, 1.54) is 0 Å². The zero-order valence-electron chi connectivity index (χ0n) is 7.82. The lowest BCUT2D eigenvalue weighted by molar-refractivity contribution is 0.685. The van der Waals surface area contributed by atoms with Gasteiger partial charge in [-0.2, -0.15) is 5.10 Å². The monoisotopic (exact) mass is 285 g/mol. The van der Waals surface area contributed by atoms with E-state index in [0.29, 0.717) is 11.6 Å². The van der Waals surface area contributed by atoms with Crippen LogP contribution in [-0.2, 0) is 6.54 Å². The van der Waals surface area contributed by atoms with Crippen LogP contribution < -0.4 is 5.73 Å². The average Bonchev–Trinajstić information content (AvgIpc) is 2.56. The van der Waals surface area contributed by atoms with E-state index in [4.69, 9.17) is 17.3 Å². The van der Waals surface area contributed by atoms with E-state index in [1.807, 2.05) is 18.2 Å². The molecule has 3 nitrogen and oxygen atoms in total. The molecule has 2 N–H and O–H groups in total. The lowest BCUT2D eigenvalue weighted by Crippen LogP contribution is -2.01. The highest BCUT2D eigenvalue weighted by Gasteiger charge is 2.02. The lowest BCUT2D eigenvalue weighted by atomic mass is 10.2. The van der Waals surface area contributed by atoms with Crippen LogP contribution in [0.2, 0.25) is 5.02 Å². The van der Waals surface area contributed by atoms with Gasteiger partial charge in [0.05, 0.1) is 17.8 Å². The Balaban J connectivity index is 2.24. The van der Waals surface area contributed by atoms with E-state index in [1.54, 1.807) is 17.1 Å². The number of aromatic nitrogens is 2. The Hall–Kier alpha value is -1.00. The summed E-state index contributed by atoms with van der Waals surface area (Å²) in [4.78, 5) is 0. The standard InChI is InChI=1S/C10H9BrClN3/c11-10-3-9(13)2-1-7(10)5-15-6-8(12)4-14-15/h1-4,6H,5,13H2. The number of nitrogens with two attached hydrogens (primary N) is 1. The van der Waals surface area contributed by atoms with Gasteiger partial charge in [0.2, 0.25) is 0 Å². The van der Waals surface area contributed by atoms with Gasteiger partial charge in [0, 0.05) is 16.4 Å². The maximum Gasteiger partial charge on any atom is 0.0785 e. The van der Waals surface area contributed by atoms with Gasteiger partial charge in [-0.1, -0.05) is 33.6 Å². The van der Waals surface area contributed by atoms with Crippen LogP contribution in [0.1, 0.15) is 5.56 Å². The first kappa shape index (κ1) is 10.5. The summed E-state index contributed by atoms with van der Waals surface area (Å²) in [6.07, 6.45) is 3.40. The number of hydrogen-bond donors (Lipinski definition) is 1. The van der Waals surface area contributed by atoms with Crippen molar-refractivity contribution in [3.05, 3.63) is 45.7 Å². The molecule has 0 radical (unpaired) electrons. The molecule has 0 saturated heterocycles. The van der Waals surface area contributed by atoms with Gasteiger partial charge in [0.25, 0.3) is 0 Å². The highest BCUT2D eigenvalue weighted by atomic mass is 79.9. The summed E-state index contributed by atoms with van der Waals surface area (Å²) in [6.45, 7) is 0.674. The number of rotatable bonds is 2. The van der Waals surface area contributed by atoms with Crippen LogP contribution in [0, 0.1) is 0 Å². The molecule has 0 aliphatic carbocycles. The number of benzene rings is 1. The number of nitrogens with zero attached hydrogens (tertiary/aromatic N) is 2. The highest BCUT2D eigenvalue weighted by Crippen LogP contribution is 2.20. The minimum Gasteiger partial charge on any atom is -0.399 e. The Bertz CT molecular complexity index is 481. The van der Waals surface area contributed by atoms with Crippen LogP contribution in [0.5, 0.6) is 0 Å². The Morgan fingerprint density at radius 3 is 2.87 bits per heavy atom. The van der Waals surface area contributed by atoms with E-state index in [0.717, 1.165) is 15.7 Å². The van der Waals surface area contributed by atoms with Crippen molar-refractivity contribution in [1.82, 2.24) is 9.78 Å². The normalized spacial score (nSPS) is 10.5. The molecule has 1 aromatic carbocycles. The smallest absolute Gasteiger partial charge is 0.0785 e. The molecule has 1 aromatic heterocycles. The molecule has 15 heavy (non-hydrogen) atoms. The van der Waals surface area contributed by atoms with Crippen molar-refractivity contribution in [2.24, 2.45) is 0 Å². The molecule has 0 amide bonds. The Labute approximate surface area is 101 Å². The maximum atomic E-state index is 5.78. The van der Waals surface area contributed by atoms with Crippen molar-refractivity contribution in [2.75, 3.05) is 5.73 Å². The summed E-state index contributed by atoms with van der Waals surface area (Å²) in [5.74, 6) is 0. The molecule has 0 aliphatic rings. The first-order valence-electron chi connectivity index (χ1n) is 4.37. The summed E-state index contributed by atoms with van der Waals surface area (Å²) in [6, 6.07) is 5.71. The van der Waals surface area contributed by atoms with Gasteiger partial charge in [-0.05, 0) is 17.7 Å². The third-order valence-electron chi connectivity index (χ3n) is 2.01. The summed E-state index contributed by atoms with van der Waals surface area (Å²) in [5.41, 5.74) is 7.51. The Kier molecular flexibility index (Phi) is 2.98. The number of nitrogen functional groups attached to an aromatic ring is 1. The van der Waals surface area contributed by atoms with Crippen molar-refractivity contribution in [3.63, 3.8) is 0 Å². The predicted molar refractivity (Wildman–Crippen MR) is 64.9 cm³/mol. The van der Waals surface area contributed by atoms with Gasteiger partial charge in [0.15, 0.2) is 0 Å². The molecule has 1 heterocycles. The second-order valence-electron chi connectivity index (χ2n) is 3.21. The highest BCUT2D eigenvalue weighted by molar-refractivity contribution is 9.10. The van der Waals surface area contributed by atoms with Crippen LogP contribution in [0.3, 0.4) is 0 Å². The number of anilines is 1. The first-order chi connectivity index (χ1) is 7.15. The van der Waals surface area contributed by atoms with E-state index >= 15 is 0 Å². The van der Waals surface area contributed by atoms with Crippen LogP contribution in [-0.4, -0.2) is 9.78 Å². The van der Waals surface area contributed by atoms with E-state index in [2.05, 4.69) is 21.0 Å². The van der Waals surface area contributed by atoms with E-state index in [9.17, 15) is 0 Å². The number of hydrogen-bond acceptors (Lipinski definition) is 2. The van der Waals surface area contributed by atoms with E-state index < -0.39 is 0 Å². The minimum absolute atomic E-state index is 0.640. The van der Waals surface area contributed by atoms with E-state index in [-0.39, 0.29) is 0 Å². The molecule has 5 heteroatoms. The largest absolute Gasteiger partial charge is 0.399 e. The van der Waals surface area contributed by atoms with Gasteiger partial charge in [-0.25, -0.2) is 0 Å². The van der Waals surface area contributed by atoms with Gasteiger partial charge in [0.1, 0.15) is 0 Å². The van der Waals surface area contributed by atoms with Crippen LogP contribution in [0.15, 0.2) is 35.1 Å². The van der Waals surface area contributed by atoms with Crippen molar-refractivity contribution in [2.45, 2.75) is 6.54 Å². The molecule has 0 atom stereocenters. The molecule has 0 aliphatic heterocycles. The Morgan fingerprint density at radius 2 is 2.27 bits per heavy atom. The second-order valence-corrected chi connectivity index (χ2v) is 4.50. The molecule has 0 saturated carbocycles. The first-order valence-corrected chi connectivity index (χ1v) is 5.54. The molecule has 2 aromatic rings. The lowest BCUT2D eigenvalue weighted by Gasteiger charge is -2.05. The molecular formula is C10H9BrClN3. The Morgan fingerprint density at radius 1 is 1.47 bits per heavy atom. The van der Waals surface area contributed by atoms with Crippen LogP contribution >= 0.6 is 27.5 Å². The second kappa shape index (κ2) is 4.24. The van der Waals surface area contributed by atoms with Gasteiger partial charge >= 0.3 is 0 Å². The van der Waals surface area contributed by atoms with Crippen LogP contribution in [0.25, 0.3) is 0 Å². The van der Waals surface area contributed by atoms with Crippen molar-refractivity contribution in [3.8, 4) is 0 Å². The molecule has 0 unspecified atom stereocenters. The van der Waals surface area contributed by atoms with Gasteiger partial charge in [-0.15, -0.1) is 0 Å². The molecule has 2 rings (SSSR count). The summed E-state index contributed by atoms with van der Waals surface area (Å²) in [7, 11) is 0. The summed E-state index contributed by atoms with van der Waals surface area (Å²) >= 11 is 9.23. The molecule has 0 spiro atoms. The SMILES string of the molecule is Nc1ccc(Cn2cc(Cl)cn2)c(Br)c1. The zero-order chi connectivity index (χ0) is 10.8. The fourth-order valence-electron chi connectivity index (χ4n) is 1.29. The maximum absolute atomic E-state index is 5.78. The van der Waals surface area contributed by atoms with Crippen molar-refractivity contribution >= 4 is 33.2 Å². The van der Waals surface area contributed by atoms with Crippen LogP contribution in [0.4, 0.5) is 5.69 Å². The molecule has 78 valence electrons. The zero-order valence-corrected chi connectivity index (χ0v) is 10.2. The molecule has 0 bridgehead atoms. The van der Waals surface area contributed by atoms with Crippen molar-refractivity contribution < 1.29 is 0 Å².